The van der Waals surface area contributed by atoms with Gasteiger partial charge in [-0.25, -0.2) is 14.5 Å². The van der Waals surface area contributed by atoms with Gasteiger partial charge >= 0.3 is 0 Å². The van der Waals surface area contributed by atoms with E-state index < -0.39 is 12.0 Å². The third kappa shape index (κ3) is 4.97. The monoisotopic (exact) mass is 479 g/mol. The second-order valence-electron chi connectivity index (χ2n) is 8.05. The molecule has 0 saturated heterocycles. The van der Waals surface area contributed by atoms with Crippen molar-refractivity contribution in [3.63, 3.8) is 0 Å². The Morgan fingerprint density at radius 1 is 1.03 bits per heavy atom. The quantitative estimate of drug-likeness (QED) is 0.259. The Bertz CT molecular complexity index is 1530. The van der Waals surface area contributed by atoms with Crippen molar-refractivity contribution in [2.24, 2.45) is 5.10 Å². The lowest BCUT2D eigenvalue weighted by Crippen LogP contribution is -2.33. The second-order valence-corrected chi connectivity index (χ2v) is 8.05. The average molecular weight is 480 g/mol. The van der Waals surface area contributed by atoms with Crippen molar-refractivity contribution < 1.29 is 13.9 Å². The number of aromatic nitrogens is 3. The molecule has 2 aromatic heterocycles. The van der Waals surface area contributed by atoms with Crippen LogP contribution in [0, 0.1) is 5.82 Å². The van der Waals surface area contributed by atoms with E-state index in [0.29, 0.717) is 22.5 Å². The van der Waals surface area contributed by atoms with Crippen LogP contribution in [-0.2, 0) is 4.79 Å². The molecular formula is C28H22FN5O2. The van der Waals surface area contributed by atoms with Gasteiger partial charge < -0.3 is 4.74 Å². The molecule has 0 saturated carbocycles. The molecule has 0 aliphatic heterocycles. The van der Waals surface area contributed by atoms with E-state index in [0.717, 1.165) is 16.6 Å². The molecule has 0 radical (unpaired) electrons. The van der Waals surface area contributed by atoms with E-state index in [2.05, 4.69) is 20.6 Å². The molecule has 36 heavy (non-hydrogen) atoms. The van der Waals surface area contributed by atoms with E-state index >= 15 is 0 Å². The van der Waals surface area contributed by atoms with Crippen molar-refractivity contribution in [3.05, 3.63) is 109 Å². The number of rotatable bonds is 7. The van der Waals surface area contributed by atoms with E-state index in [4.69, 9.17) is 4.74 Å². The van der Waals surface area contributed by atoms with Gasteiger partial charge in [-0.15, -0.1) is 0 Å². The molecule has 0 aliphatic carbocycles. The van der Waals surface area contributed by atoms with Gasteiger partial charge in [0.25, 0.3) is 5.91 Å². The summed E-state index contributed by atoms with van der Waals surface area (Å²) >= 11 is 0. The molecule has 1 unspecified atom stereocenters. The summed E-state index contributed by atoms with van der Waals surface area (Å²) in [6, 6.07) is 25.0. The highest BCUT2D eigenvalue weighted by atomic mass is 19.1. The Morgan fingerprint density at radius 2 is 1.81 bits per heavy atom. The van der Waals surface area contributed by atoms with Gasteiger partial charge in [0.1, 0.15) is 22.8 Å². The smallest absolute Gasteiger partial charge is 0.280 e. The number of amides is 1. The molecule has 5 aromatic rings. The summed E-state index contributed by atoms with van der Waals surface area (Å²) in [5.74, 6) is -0.237. The fourth-order valence-corrected chi connectivity index (χ4v) is 3.70. The highest BCUT2D eigenvalue weighted by Crippen LogP contribution is 2.25. The largest absolute Gasteiger partial charge is 0.479 e. The maximum absolute atomic E-state index is 13.5. The number of para-hydroxylation sites is 2. The number of fused-ring (bicyclic) bond motifs is 1. The number of hydrogen-bond acceptors (Lipinski definition) is 5. The van der Waals surface area contributed by atoms with Crippen LogP contribution >= 0.6 is 0 Å². The minimum atomic E-state index is -0.807. The maximum atomic E-state index is 13.5. The van der Waals surface area contributed by atoms with Gasteiger partial charge in [0, 0.05) is 28.9 Å². The summed E-state index contributed by atoms with van der Waals surface area (Å²) in [6.07, 6.45) is 4.18. The molecular weight excluding hydrogens is 457 g/mol. The standard InChI is InChI=1S/C28H22FN5O2/c1-19(36-25-11-5-7-20-8-6-16-30-27(20)25)28(35)32-31-17-22-18-34(24-9-3-2-4-10-24)33-26(22)21-12-14-23(29)15-13-21/h2-19H,1H3,(H,32,35). The minimum absolute atomic E-state index is 0.334. The Morgan fingerprint density at radius 3 is 2.61 bits per heavy atom. The zero-order chi connectivity index (χ0) is 24.9. The number of ether oxygens (including phenoxy) is 1. The maximum Gasteiger partial charge on any atom is 0.280 e. The number of nitrogens with zero attached hydrogens (tertiary/aromatic N) is 4. The lowest BCUT2D eigenvalue weighted by molar-refractivity contribution is -0.127. The Hall–Kier alpha value is -4.85. The van der Waals surface area contributed by atoms with Crippen molar-refractivity contribution in [3.8, 4) is 22.7 Å². The number of halogens is 1. The van der Waals surface area contributed by atoms with Crippen LogP contribution in [0.5, 0.6) is 5.75 Å². The van der Waals surface area contributed by atoms with Gasteiger partial charge in [-0.05, 0) is 55.5 Å². The molecule has 2 heterocycles. The first-order valence-electron chi connectivity index (χ1n) is 11.3. The SMILES string of the molecule is CC(Oc1cccc2cccnc12)C(=O)NN=Cc1cn(-c2ccccc2)nc1-c1ccc(F)cc1. The van der Waals surface area contributed by atoms with E-state index in [1.165, 1.54) is 18.3 Å². The predicted molar refractivity (Wildman–Crippen MR) is 137 cm³/mol. The summed E-state index contributed by atoms with van der Waals surface area (Å²) < 4.78 is 21.0. The molecule has 0 bridgehead atoms. The number of nitrogens with one attached hydrogen (secondary N) is 1. The van der Waals surface area contributed by atoms with Crippen LogP contribution < -0.4 is 10.2 Å². The van der Waals surface area contributed by atoms with Gasteiger partial charge in [0.05, 0.1) is 11.9 Å². The van der Waals surface area contributed by atoms with Crippen LogP contribution in [0.1, 0.15) is 12.5 Å². The molecule has 5 rings (SSSR count). The second kappa shape index (κ2) is 10.2. The Labute approximate surface area is 206 Å². The Balaban J connectivity index is 1.34. The summed E-state index contributed by atoms with van der Waals surface area (Å²) in [4.78, 5) is 17.0. The minimum Gasteiger partial charge on any atom is -0.479 e. The van der Waals surface area contributed by atoms with Crippen molar-refractivity contribution in [2.75, 3.05) is 0 Å². The van der Waals surface area contributed by atoms with Crippen LogP contribution in [0.4, 0.5) is 4.39 Å². The fraction of sp³-hybridized carbons (Fsp3) is 0.0714. The molecule has 178 valence electrons. The topological polar surface area (TPSA) is 81.4 Å². The number of carbonyl (C=O) groups excluding carboxylic acids is 1. The van der Waals surface area contributed by atoms with Gasteiger partial charge in [0.15, 0.2) is 6.10 Å². The molecule has 0 spiro atoms. The van der Waals surface area contributed by atoms with Crippen LogP contribution in [0.3, 0.4) is 0 Å². The van der Waals surface area contributed by atoms with Crippen LogP contribution in [0.25, 0.3) is 27.8 Å². The van der Waals surface area contributed by atoms with E-state index in [1.807, 2.05) is 54.6 Å². The summed E-state index contributed by atoms with van der Waals surface area (Å²) in [7, 11) is 0. The Kier molecular flexibility index (Phi) is 6.48. The third-order valence-corrected chi connectivity index (χ3v) is 5.53. The van der Waals surface area contributed by atoms with E-state index in [-0.39, 0.29) is 5.82 Å². The fourth-order valence-electron chi connectivity index (χ4n) is 3.70. The van der Waals surface area contributed by atoms with Crippen LogP contribution in [0.15, 0.2) is 102 Å². The van der Waals surface area contributed by atoms with Crippen LogP contribution in [0.2, 0.25) is 0 Å². The van der Waals surface area contributed by atoms with Crippen molar-refractivity contribution >= 4 is 23.0 Å². The first-order chi connectivity index (χ1) is 17.6. The lowest BCUT2D eigenvalue weighted by atomic mass is 10.1. The molecule has 3 aromatic carbocycles. The predicted octanol–water partition coefficient (Wildman–Crippen LogP) is 5.14. The molecule has 1 amide bonds. The average Bonchev–Trinajstić information content (AvgIpc) is 3.34. The number of benzene rings is 3. The molecule has 7 nitrogen and oxygen atoms in total. The number of carbonyl (C=O) groups is 1. The van der Waals surface area contributed by atoms with Gasteiger partial charge in [-0.3, -0.25) is 9.78 Å². The lowest BCUT2D eigenvalue weighted by Gasteiger charge is -2.14. The molecule has 1 atom stereocenters. The van der Waals surface area contributed by atoms with Crippen molar-refractivity contribution in [1.29, 1.82) is 0 Å². The van der Waals surface area contributed by atoms with Gasteiger partial charge in [-0.2, -0.15) is 10.2 Å². The van der Waals surface area contributed by atoms with Crippen molar-refractivity contribution in [2.45, 2.75) is 13.0 Å². The first kappa shape index (κ1) is 22.9. The third-order valence-electron chi connectivity index (χ3n) is 5.53. The zero-order valence-electron chi connectivity index (χ0n) is 19.4. The molecule has 8 heteroatoms. The number of hydrazone groups is 1. The summed E-state index contributed by atoms with van der Waals surface area (Å²) in [5, 5.41) is 9.71. The highest BCUT2D eigenvalue weighted by molar-refractivity contribution is 5.90. The van der Waals surface area contributed by atoms with Crippen molar-refractivity contribution in [1.82, 2.24) is 20.2 Å². The molecule has 0 aliphatic rings. The normalized spacial score (nSPS) is 12.1. The van der Waals surface area contributed by atoms with Gasteiger partial charge in [0.2, 0.25) is 0 Å². The summed E-state index contributed by atoms with van der Waals surface area (Å²) in [6.45, 7) is 1.64. The molecule has 1 N–H and O–H groups in total. The highest BCUT2D eigenvalue weighted by Gasteiger charge is 2.16. The number of pyridine rings is 1. The van der Waals surface area contributed by atoms with E-state index in [1.54, 1.807) is 42.2 Å². The van der Waals surface area contributed by atoms with Crippen LogP contribution in [-0.4, -0.2) is 33.0 Å². The van der Waals surface area contributed by atoms with Gasteiger partial charge in [-0.1, -0.05) is 36.4 Å². The first-order valence-corrected chi connectivity index (χ1v) is 11.3. The summed E-state index contributed by atoms with van der Waals surface area (Å²) in [5.41, 5.74) is 6.03. The molecule has 0 fully saturated rings. The zero-order valence-corrected chi connectivity index (χ0v) is 19.4. The van der Waals surface area contributed by atoms with E-state index in [9.17, 15) is 9.18 Å². The number of hydrogen-bond donors (Lipinski definition) is 1.